The molecule has 0 saturated carbocycles. The molecule has 3 rings (SSSR count). The van der Waals surface area contributed by atoms with Crippen LogP contribution in [0.2, 0.25) is 0 Å². The molecule has 0 saturated heterocycles. The van der Waals surface area contributed by atoms with Gasteiger partial charge in [-0.2, -0.15) is 0 Å². The number of phenols is 2. The fraction of sp³-hybridized carbons (Fsp3) is 0. The largest absolute Gasteiger partial charge is 0.508 e. The average Bonchev–Trinajstić information content (AvgIpc) is 2.56. The molecular weight excluding hydrogens is 312 g/mol. The van der Waals surface area contributed by atoms with Crippen LogP contribution in [0.25, 0.3) is 11.6 Å². The third-order valence-corrected chi connectivity index (χ3v) is 3.43. The van der Waals surface area contributed by atoms with Crippen molar-refractivity contribution in [2.75, 3.05) is 0 Å². The fourth-order valence-corrected chi connectivity index (χ4v) is 2.24. The van der Waals surface area contributed by atoms with Crippen LogP contribution in [0.3, 0.4) is 0 Å². The van der Waals surface area contributed by atoms with Crippen molar-refractivity contribution in [3.8, 4) is 11.5 Å². The third kappa shape index (κ3) is 2.85. The van der Waals surface area contributed by atoms with Crippen molar-refractivity contribution in [1.29, 1.82) is 0 Å². The zero-order valence-electron chi connectivity index (χ0n) is 12.3. The molecule has 0 radical (unpaired) electrons. The van der Waals surface area contributed by atoms with E-state index in [4.69, 9.17) is 4.74 Å². The van der Waals surface area contributed by atoms with Crippen LogP contribution < -0.4 is 0 Å². The maximum Gasteiger partial charge on any atom is 0.385 e. The van der Waals surface area contributed by atoms with Gasteiger partial charge in [-0.05, 0) is 41.5 Å². The Balaban J connectivity index is 2.10. The molecule has 3 N–H and O–H groups in total. The third-order valence-electron chi connectivity index (χ3n) is 3.43. The van der Waals surface area contributed by atoms with Gasteiger partial charge < -0.3 is 20.1 Å². The number of aromatic hydroxyl groups is 2. The van der Waals surface area contributed by atoms with Gasteiger partial charge in [0.2, 0.25) is 0 Å². The number of Topliss-reactive ketones (excluding diaryl/α,β-unsaturated/α-hetero) is 1. The fourth-order valence-electron chi connectivity index (χ4n) is 2.24. The maximum absolute atomic E-state index is 12.0. The second kappa shape index (κ2) is 5.92. The number of ketones is 1. The van der Waals surface area contributed by atoms with Crippen LogP contribution in [0.15, 0.2) is 60.0 Å². The maximum atomic E-state index is 12.0. The lowest BCUT2D eigenvalue weighted by molar-refractivity contribution is -0.149. The molecule has 0 bridgehead atoms. The first-order chi connectivity index (χ1) is 11.5. The Bertz CT molecular complexity index is 873. The highest BCUT2D eigenvalue weighted by Gasteiger charge is 2.34. The lowest BCUT2D eigenvalue weighted by Crippen LogP contribution is -2.25. The zero-order chi connectivity index (χ0) is 17.3. The lowest BCUT2D eigenvalue weighted by Gasteiger charge is -2.17. The summed E-state index contributed by atoms with van der Waals surface area (Å²) >= 11 is 0. The summed E-state index contributed by atoms with van der Waals surface area (Å²) < 4.78 is 4.87. The Kier molecular flexibility index (Phi) is 3.79. The number of carbonyl (C=O) groups excluding carboxylic acids is 2. The summed E-state index contributed by atoms with van der Waals surface area (Å²) in [5.74, 6) is -2.67. The van der Waals surface area contributed by atoms with Crippen LogP contribution >= 0.6 is 0 Å². The van der Waals surface area contributed by atoms with Gasteiger partial charge in [-0.3, -0.25) is 4.79 Å². The van der Waals surface area contributed by atoms with E-state index in [1.807, 2.05) is 0 Å². The molecule has 0 spiro atoms. The average molecular weight is 324 g/mol. The van der Waals surface area contributed by atoms with E-state index in [0.717, 1.165) is 0 Å². The van der Waals surface area contributed by atoms with Gasteiger partial charge in [0, 0.05) is 0 Å². The minimum absolute atomic E-state index is 0.00969. The van der Waals surface area contributed by atoms with Gasteiger partial charge in [0.05, 0.1) is 5.57 Å². The molecular formula is C18H12O6. The SMILES string of the molecule is O=C1O/C(=C/c2ccc(O)cc2)C(O)=C(c2ccc(O)cc2)C1=O. The Hall–Kier alpha value is -3.54. The number of cyclic esters (lactones) is 1. The van der Waals surface area contributed by atoms with Gasteiger partial charge in [-0.25, -0.2) is 4.79 Å². The highest BCUT2D eigenvalue weighted by molar-refractivity contribution is 6.53. The molecule has 2 aromatic rings. The van der Waals surface area contributed by atoms with E-state index in [1.54, 1.807) is 12.1 Å². The number of hydrogen-bond donors (Lipinski definition) is 3. The molecule has 0 unspecified atom stereocenters. The van der Waals surface area contributed by atoms with E-state index in [-0.39, 0.29) is 28.4 Å². The van der Waals surface area contributed by atoms with E-state index < -0.39 is 17.5 Å². The monoisotopic (exact) mass is 324 g/mol. The molecule has 0 atom stereocenters. The summed E-state index contributed by atoms with van der Waals surface area (Å²) in [6, 6.07) is 11.5. The number of rotatable bonds is 2. The van der Waals surface area contributed by atoms with Crippen molar-refractivity contribution in [2.24, 2.45) is 0 Å². The van der Waals surface area contributed by atoms with Crippen molar-refractivity contribution in [2.45, 2.75) is 0 Å². The lowest BCUT2D eigenvalue weighted by atomic mass is 9.97. The molecule has 0 amide bonds. The van der Waals surface area contributed by atoms with Crippen LogP contribution in [0.4, 0.5) is 0 Å². The predicted molar refractivity (Wildman–Crippen MR) is 84.8 cm³/mol. The first kappa shape index (κ1) is 15.4. The summed E-state index contributed by atoms with van der Waals surface area (Å²) in [7, 11) is 0. The predicted octanol–water partition coefficient (Wildman–Crippen LogP) is 2.53. The number of ether oxygens (including phenoxy) is 1. The van der Waals surface area contributed by atoms with Gasteiger partial charge in [-0.1, -0.05) is 24.3 Å². The molecule has 1 aliphatic heterocycles. The molecule has 1 aliphatic rings. The van der Waals surface area contributed by atoms with Gasteiger partial charge >= 0.3 is 5.97 Å². The molecule has 24 heavy (non-hydrogen) atoms. The molecule has 6 nitrogen and oxygen atoms in total. The molecule has 120 valence electrons. The summed E-state index contributed by atoms with van der Waals surface area (Å²) in [4.78, 5) is 23.8. The number of esters is 1. The highest BCUT2D eigenvalue weighted by Crippen LogP contribution is 2.31. The minimum atomic E-state index is -1.11. The summed E-state index contributed by atoms with van der Waals surface area (Å²) in [5.41, 5.74) is 0.640. The highest BCUT2D eigenvalue weighted by atomic mass is 16.6. The number of hydrogen-bond acceptors (Lipinski definition) is 6. The quantitative estimate of drug-likeness (QED) is 0.579. The number of carbonyl (C=O) groups is 2. The molecule has 1 heterocycles. The summed E-state index contributed by atoms with van der Waals surface area (Å²) in [5, 5.41) is 29.0. The Morgan fingerprint density at radius 2 is 1.33 bits per heavy atom. The topological polar surface area (TPSA) is 104 Å². The van der Waals surface area contributed by atoms with Gasteiger partial charge in [0.1, 0.15) is 11.5 Å². The van der Waals surface area contributed by atoms with Crippen molar-refractivity contribution in [3.05, 3.63) is 71.2 Å². The van der Waals surface area contributed by atoms with E-state index >= 15 is 0 Å². The van der Waals surface area contributed by atoms with Crippen LogP contribution in [-0.4, -0.2) is 27.1 Å². The summed E-state index contributed by atoms with van der Waals surface area (Å²) in [6.07, 6.45) is 1.37. The summed E-state index contributed by atoms with van der Waals surface area (Å²) in [6.45, 7) is 0. The Morgan fingerprint density at radius 1 is 0.792 bits per heavy atom. The Morgan fingerprint density at radius 3 is 1.92 bits per heavy atom. The van der Waals surface area contributed by atoms with Crippen molar-refractivity contribution >= 4 is 23.4 Å². The van der Waals surface area contributed by atoms with Crippen LogP contribution in [-0.2, 0) is 14.3 Å². The number of benzene rings is 2. The number of phenolic OH excluding ortho intramolecular Hbond substituents is 2. The first-order valence-corrected chi connectivity index (χ1v) is 6.96. The van der Waals surface area contributed by atoms with E-state index in [2.05, 4.69) is 0 Å². The van der Waals surface area contributed by atoms with Gasteiger partial charge in [0.25, 0.3) is 5.78 Å². The normalized spacial score (nSPS) is 16.4. The van der Waals surface area contributed by atoms with E-state index in [1.165, 1.54) is 42.5 Å². The molecule has 6 heteroatoms. The van der Waals surface area contributed by atoms with Crippen molar-refractivity contribution in [3.63, 3.8) is 0 Å². The molecule has 0 aromatic heterocycles. The molecule has 0 aliphatic carbocycles. The zero-order valence-corrected chi connectivity index (χ0v) is 12.3. The standard InChI is InChI=1S/C18H12O6/c19-12-5-1-10(2-6-12)9-14-16(21)15(17(22)18(23)24-14)11-3-7-13(20)8-4-11/h1-9,19-21H/b14-9+. The van der Waals surface area contributed by atoms with Crippen LogP contribution in [0, 0.1) is 0 Å². The van der Waals surface area contributed by atoms with Crippen LogP contribution in [0.5, 0.6) is 11.5 Å². The van der Waals surface area contributed by atoms with Crippen molar-refractivity contribution < 1.29 is 29.6 Å². The first-order valence-electron chi connectivity index (χ1n) is 6.96. The number of aliphatic hydroxyl groups is 1. The Labute approximate surface area is 136 Å². The second-order valence-corrected chi connectivity index (χ2v) is 5.09. The molecule has 2 aromatic carbocycles. The smallest absolute Gasteiger partial charge is 0.385 e. The van der Waals surface area contributed by atoms with E-state index in [0.29, 0.717) is 5.56 Å². The van der Waals surface area contributed by atoms with Gasteiger partial charge in [-0.15, -0.1) is 0 Å². The van der Waals surface area contributed by atoms with E-state index in [9.17, 15) is 24.9 Å². The minimum Gasteiger partial charge on any atom is -0.508 e. The number of aliphatic hydroxyl groups excluding tert-OH is 1. The molecule has 0 fully saturated rings. The van der Waals surface area contributed by atoms with Crippen molar-refractivity contribution in [1.82, 2.24) is 0 Å². The van der Waals surface area contributed by atoms with Gasteiger partial charge in [0.15, 0.2) is 11.5 Å². The second-order valence-electron chi connectivity index (χ2n) is 5.09. The van der Waals surface area contributed by atoms with Crippen LogP contribution in [0.1, 0.15) is 11.1 Å².